The maximum absolute atomic E-state index is 10.6. The fourth-order valence-electron chi connectivity index (χ4n) is 1.97. The minimum atomic E-state index is -0.403. The molecule has 0 spiro atoms. The molecule has 0 bridgehead atoms. The number of nitro benzene ring substituents is 1. The molecule has 6 nitrogen and oxygen atoms in total. The number of methoxy groups -OCH3 is 1. The molecule has 2 aromatic rings. The van der Waals surface area contributed by atoms with Gasteiger partial charge >= 0.3 is 0 Å². The third-order valence-corrected chi connectivity index (χ3v) is 3.20. The van der Waals surface area contributed by atoms with Gasteiger partial charge in [-0.2, -0.15) is 0 Å². The molecule has 2 aromatic carbocycles. The lowest BCUT2D eigenvalue weighted by molar-refractivity contribution is -0.384. The Morgan fingerprint density at radius 3 is 2.26 bits per heavy atom. The highest BCUT2D eigenvalue weighted by Gasteiger charge is 2.03. The first-order valence-electron chi connectivity index (χ1n) is 7.01. The van der Waals surface area contributed by atoms with Crippen LogP contribution in [0.1, 0.15) is 5.56 Å². The van der Waals surface area contributed by atoms with E-state index in [0.29, 0.717) is 0 Å². The Bertz CT molecular complexity index is 603. The maximum Gasteiger partial charge on any atom is 0.269 e. The fourth-order valence-corrected chi connectivity index (χ4v) is 1.97. The number of nitrogens with one attached hydrogen (secondary N) is 2. The van der Waals surface area contributed by atoms with Crippen LogP contribution in [-0.2, 0) is 6.54 Å². The first kappa shape index (κ1) is 18.7. The van der Waals surface area contributed by atoms with Gasteiger partial charge in [-0.3, -0.25) is 10.1 Å². The summed E-state index contributed by atoms with van der Waals surface area (Å²) in [5.41, 5.74) is 2.16. The molecule has 7 heteroatoms. The van der Waals surface area contributed by atoms with Crippen molar-refractivity contribution in [3.05, 3.63) is 64.2 Å². The number of hydrogen-bond acceptors (Lipinski definition) is 5. The van der Waals surface area contributed by atoms with Crippen LogP contribution in [0.25, 0.3) is 0 Å². The van der Waals surface area contributed by atoms with Crippen molar-refractivity contribution in [2.24, 2.45) is 0 Å². The summed E-state index contributed by atoms with van der Waals surface area (Å²) in [5.74, 6) is 0.851. The Balaban J connectivity index is 0.00000264. The normalized spacial score (nSPS) is 9.78. The summed E-state index contributed by atoms with van der Waals surface area (Å²) in [6, 6.07) is 14.3. The van der Waals surface area contributed by atoms with Crippen LogP contribution in [0, 0.1) is 10.1 Å². The van der Waals surface area contributed by atoms with Gasteiger partial charge in [0.1, 0.15) is 5.75 Å². The number of anilines is 1. The van der Waals surface area contributed by atoms with E-state index < -0.39 is 4.92 Å². The molecule has 0 aliphatic carbocycles. The van der Waals surface area contributed by atoms with Crippen LogP contribution < -0.4 is 15.4 Å². The van der Waals surface area contributed by atoms with E-state index in [2.05, 4.69) is 10.6 Å². The average Bonchev–Trinajstić information content (AvgIpc) is 2.55. The Hall–Kier alpha value is -2.31. The van der Waals surface area contributed by atoms with Crippen LogP contribution >= 0.6 is 12.4 Å². The van der Waals surface area contributed by atoms with E-state index in [-0.39, 0.29) is 18.1 Å². The van der Waals surface area contributed by atoms with Crippen molar-refractivity contribution in [3.8, 4) is 5.75 Å². The smallest absolute Gasteiger partial charge is 0.269 e. The van der Waals surface area contributed by atoms with Crippen molar-refractivity contribution in [2.75, 3.05) is 25.5 Å². The van der Waals surface area contributed by atoms with Gasteiger partial charge in [-0.05, 0) is 29.8 Å². The summed E-state index contributed by atoms with van der Waals surface area (Å²) in [6.07, 6.45) is 0. The Morgan fingerprint density at radius 1 is 1.04 bits per heavy atom. The van der Waals surface area contributed by atoms with Gasteiger partial charge in [0.05, 0.1) is 12.0 Å². The highest BCUT2D eigenvalue weighted by Crippen LogP contribution is 2.15. The zero-order valence-electron chi connectivity index (χ0n) is 12.8. The second-order valence-corrected chi connectivity index (χ2v) is 4.76. The number of nitro groups is 1. The van der Waals surface area contributed by atoms with Gasteiger partial charge in [0.25, 0.3) is 5.69 Å². The van der Waals surface area contributed by atoms with Crippen molar-refractivity contribution < 1.29 is 9.66 Å². The molecule has 0 fully saturated rings. The number of non-ortho nitro benzene ring substituents is 1. The number of nitrogens with zero attached hydrogens (tertiary/aromatic N) is 1. The second kappa shape index (κ2) is 9.66. The number of halogens is 1. The van der Waals surface area contributed by atoms with Gasteiger partial charge in [-0.15, -0.1) is 12.4 Å². The van der Waals surface area contributed by atoms with Crippen LogP contribution in [0.4, 0.5) is 11.4 Å². The maximum atomic E-state index is 10.6. The summed E-state index contributed by atoms with van der Waals surface area (Å²) < 4.78 is 5.11. The van der Waals surface area contributed by atoms with Crippen molar-refractivity contribution >= 4 is 23.8 Å². The van der Waals surface area contributed by atoms with E-state index in [0.717, 1.165) is 31.1 Å². The molecule has 0 atom stereocenters. The number of ether oxygens (including phenoxy) is 1. The van der Waals surface area contributed by atoms with Crippen molar-refractivity contribution in [1.29, 1.82) is 0 Å². The van der Waals surface area contributed by atoms with Crippen LogP contribution in [0.2, 0.25) is 0 Å². The van der Waals surface area contributed by atoms with Crippen LogP contribution in [0.5, 0.6) is 5.75 Å². The molecule has 0 aliphatic rings. The predicted octanol–water partition coefficient (Wildman–Crippen LogP) is 3.23. The molecular formula is C16H20ClN3O3. The van der Waals surface area contributed by atoms with Crippen LogP contribution in [0.15, 0.2) is 48.5 Å². The summed E-state index contributed by atoms with van der Waals surface area (Å²) in [4.78, 5) is 10.2. The van der Waals surface area contributed by atoms with Crippen molar-refractivity contribution in [2.45, 2.75) is 6.54 Å². The molecule has 2 rings (SSSR count). The van der Waals surface area contributed by atoms with Crippen molar-refractivity contribution in [3.63, 3.8) is 0 Å². The average molecular weight is 338 g/mol. The molecule has 0 amide bonds. The molecule has 0 aliphatic heterocycles. The van der Waals surface area contributed by atoms with Crippen molar-refractivity contribution in [1.82, 2.24) is 5.32 Å². The zero-order chi connectivity index (χ0) is 15.8. The molecule has 0 saturated carbocycles. The van der Waals surface area contributed by atoms with Crippen LogP contribution in [0.3, 0.4) is 0 Å². The molecule has 0 unspecified atom stereocenters. The minimum Gasteiger partial charge on any atom is -0.497 e. The van der Waals surface area contributed by atoms with E-state index in [1.165, 1.54) is 17.7 Å². The molecular weight excluding hydrogens is 318 g/mol. The summed E-state index contributed by atoms with van der Waals surface area (Å²) in [5, 5.41) is 17.1. The predicted molar refractivity (Wildman–Crippen MR) is 93.5 cm³/mol. The Kier molecular flexibility index (Phi) is 7.87. The monoisotopic (exact) mass is 337 g/mol. The van der Waals surface area contributed by atoms with E-state index in [4.69, 9.17) is 4.74 Å². The number of benzene rings is 2. The largest absolute Gasteiger partial charge is 0.497 e. The lowest BCUT2D eigenvalue weighted by atomic mass is 10.2. The fraction of sp³-hybridized carbons (Fsp3) is 0.250. The lowest BCUT2D eigenvalue weighted by Gasteiger charge is -2.08. The molecule has 124 valence electrons. The summed E-state index contributed by atoms with van der Waals surface area (Å²) in [7, 11) is 1.65. The van der Waals surface area contributed by atoms with Gasteiger partial charge in [-0.25, -0.2) is 0 Å². The number of rotatable bonds is 8. The topological polar surface area (TPSA) is 76.4 Å². The van der Waals surface area contributed by atoms with Gasteiger partial charge < -0.3 is 15.4 Å². The molecule has 0 aromatic heterocycles. The van der Waals surface area contributed by atoms with Gasteiger partial charge in [0.15, 0.2) is 0 Å². The highest BCUT2D eigenvalue weighted by molar-refractivity contribution is 5.85. The first-order chi connectivity index (χ1) is 10.7. The SMILES string of the molecule is COc1ccc(CNCCNc2ccc([N+](=O)[O-])cc2)cc1.Cl. The molecule has 0 saturated heterocycles. The quantitative estimate of drug-likeness (QED) is 0.439. The van der Waals surface area contributed by atoms with Gasteiger partial charge in [0.2, 0.25) is 0 Å². The second-order valence-electron chi connectivity index (χ2n) is 4.76. The Labute approximate surface area is 141 Å². The molecule has 0 heterocycles. The highest BCUT2D eigenvalue weighted by atomic mass is 35.5. The third kappa shape index (κ3) is 6.14. The summed E-state index contributed by atoms with van der Waals surface area (Å²) >= 11 is 0. The van der Waals surface area contributed by atoms with Gasteiger partial charge in [0, 0.05) is 37.5 Å². The standard InChI is InChI=1S/C16H19N3O3.ClH/c1-22-16-8-2-13(3-9-16)12-17-10-11-18-14-4-6-15(7-5-14)19(20)21;/h2-9,17-18H,10-12H2,1H3;1H. The van der Waals surface area contributed by atoms with E-state index in [9.17, 15) is 10.1 Å². The van der Waals surface area contributed by atoms with E-state index in [1.54, 1.807) is 19.2 Å². The minimum absolute atomic E-state index is 0. The summed E-state index contributed by atoms with van der Waals surface area (Å²) in [6.45, 7) is 2.32. The zero-order valence-corrected chi connectivity index (χ0v) is 13.6. The van der Waals surface area contributed by atoms with Gasteiger partial charge in [-0.1, -0.05) is 12.1 Å². The Morgan fingerprint density at radius 2 is 1.70 bits per heavy atom. The number of hydrogen-bond donors (Lipinski definition) is 2. The van der Waals surface area contributed by atoms with E-state index in [1.807, 2.05) is 24.3 Å². The molecule has 0 radical (unpaired) electrons. The third-order valence-electron chi connectivity index (χ3n) is 3.20. The molecule has 2 N–H and O–H groups in total. The lowest BCUT2D eigenvalue weighted by Crippen LogP contribution is -2.21. The molecule has 23 heavy (non-hydrogen) atoms. The first-order valence-corrected chi connectivity index (χ1v) is 7.01. The van der Waals surface area contributed by atoms with Crippen LogP contribution in [-0.4, -0.2) is 25.1 Å². The van der Waals surface area contributed by atoms with E-state index >= 15 is 0 Å².